The normalized spacial score (nSPS) is 13.7. The fraction of sp³-hybridized carbons (Fsp3) is 0.348. The highest BCUT2D eigenvalue weighted by Gasteiger charge is 2.29. The minimum Gasteiger partial charge on any atom is -0.480 e. The van der Waals surface area contributed by atoms with Crippen LogP contribution in [-0.2, 0) is 9.53 Å². The van der Waals surface area contributed by atoms with Crippen molar-refractivity contribution in [3.05, 3.63) is 59.7 Å². The molecule has 31 heavy (non-hydrogen) atoms. The summed E-state index contributed by atoms with van der Waals surface area (Å²) in [5.74, 6) is -0.540. The number of rotatable bonds is 8. The average Bonchev–Trinajstić information content (AvgIpc) is 3.10. The third-order valence-corrected chi connectivity index (χ3v) is 5.36. The van der Waals surface area contributed by atoms with Gasteiger partial charge in [-0.1, -0.05) is 48.5 Å². The largest absolute Gasteiger partial charge is 0.480 e. The first kappa shape index (κ1) is 22.1. The van der Waals surface area contributed by atoms with Crippen molar-refractivity contribution in [3.63, 3.8) is 0 Å². The number of carboxylic acid groups (broad SMARTS) is 1. The highest BCUT2D eigenvalue weighted by atomic mass is 16.5. The molecule has 0 radical (unpaired) electrons. The summed E-state index contributed by atoms with van der Waals surface area (Å²) < 4.78 is 5.44. The number of carbonyl (C=O) groups excluding carboxylic acids is 1. The highest BCUT2D eigenvalue weighted by molar-refractivity contribution is 5.81. The van der Waals surface area contributed by atoms with Crippen molar-refractivity contribution in [2.45, 2.75) is 24.8 Å². The van der Waals surface area contributed by atoms with Crippen molar-refractivity contribution in [3.8, 4) is 11.1 Å². The maximum atomic E-state index is 12.3. The molecule has 8 heteroatoms. The number of nitrogens with zero attached hydrogens (tertiary/aromatic N) is 1. The average molecular weight is 425 g/mol. The van der Waals surface area contributed by atoms with Gasteiger partial charge in [0.2, 0.25) is 0 Å². The molecule has 2 aromatic carbocycles. The predicted octanol–water partition coefficient (Wildman–Crippen LogP) is 2.55. The number of fused-ring (bicyclic) bond motifs is 3. The van der Waals surface area contributed by atoms with Gasteiger partial charge in [-0.25, -0.2) is 9.59 Å². The minimum atomic E-state index is -1.09. The Balaban J connectivity index is 1.54. The standard InChI is InChI=1S/C23H28N4O4/c1-24-22(25-2)26-13-7-12-20(21(28)29)27-23(30)31-14-19-17-10-5-3-8-15(17)16-9-4-6-11-18(16)19/h3-6,8-11,19-20H,7,12-14H2,1-2H3,(H,27,30)(H,28,29)(H2,24,25,26)/t20-/m1/s1. The zero-order chi connectivity index (χ0) is 22.2. The lowest BCUT2D eigenvalue weighted by Gasteiger charge is -2.17. The molecule has 0 saturated heterocycles. The molecule has 0 spiro atoms. The Bertz CT molecular complexity index is 915. The Morgan fingerprint density at radius 2 is 1.71 bits per heavy atom. The number of amides is 1. The number of hydrogen-bond acceptors (Lipinski definition) is 4. The van der Waals surface area contributed by atoms with E-state index in [0.717, 1.165) is 22.3 Å². The number of alkyl carbamates (subject to hydrolysis) is 1. The van der Waals surface area contributed by atoms with Gasteiger partial charge in [0.05, 0.1) is 0 Å². The minimum absolute atomic E-state index is 0.0704. The third-order valence-electron chi connectivity index (χ3n) is 5.36. The Morgan fingerprint density at radius 1 is 1.10 bits per heavy atom. The molecule has 164 valence electrons. The number of benzene rings is 2. The number of aliphatic imine (C=N–C) groups is 1. The Hall–Kier alpha value is -3.55. The van der Waals surface area contributed by atoms with Gasteiger partial charge < -0.3 is 25.8 Å². The number of carbonyl (C=O) groups is 2. The van der Waals surface area contributed by atoms with Crippen LogP contribution in [0.3, 0.4) is 0 Å². The zero-order valence-electron chi connectivity index (χ0n) is 17.7. The van der Waals surface area contributed by atoms with Crippen molar-refractivity contribution in [2.24, 2.45) is 4.99 Å². The van der Waals surface area contributed by atoms with Gasteiger partial charge in [-0.3, -0.25) is 4.99 Å². The molecule has 1 atom stereocenters. The zero-order valence-corrected chi connectivity index (χ0v) is 17.7. The summed E-state index contributed by atoms with van der Waals surface area (Å²) in [5.41, 5.74) is 4.49. The van der Waals surface area contributed by atoms with E-state index < -0.39 is 18.1 Å². The molecule has 1 aliphatic rings. The van der Waals surface area contributed by atoms with Crippen LogP contribution in [0, 0.1) is 0 Å². The molecule has 3 rings (SSSR count). The van der Waals surface area contributed by atoms with Crippen LogP contribution in [0.4, 0.5) is 4.79 Å². The van der Waals surface area contributed by atoms with Crippen LogP contribution < -0.4 is 16.0 Å². The topological polar surface area (TPSA) is 112 Å². The van der Waals surface area contributed by atoms with E-state index >= 15 is 0 Å². The number of guanidine groups is 1. The Labute approximate surface area is 181 Å². The van der Waals surface area contributed by atoms with Gasteiger partial charge >= 0.3 is 12.1 Å². The molecule has 0 unspecified atom stereocenters. The maximum absolute atomic E-state index is 12.3. The van der Waals surface area contributed by atoms with Gasteiger partial charge in [0.15, 0.2) is 5.96 Å². The van der Waals surface area contributed by atoms with Crippen molar-refractivity contribution >= 4 is 18.0 Å². The van der Waals surface area contributed by atoms with E-state index in [4.69, 9.17) is 4.74 Å². The summed E-state index contributed by atoms with van der Waals surface area (Å²) in [4.78, 5) is 27.9. The molecule has 1 amide bonds. The molecular weight excluding hydrogens is 396 g/mol. The first-order valence-corrected chi connectivity index (χ1v) is 10.3. The van der Waals surface area contributed by atoms with Gasteiger partial charge in [-0.15, -0.1) is 0 Å². The van der Waals surface area contributed by atoms with Gasteiger partial charge in [0.25, 0.3) is 0 Å². The lowest BCUT2D eigenvalue weighted by Crippen LogP contribution is -2.42. The highest BCUT2D eigenvalue weighted by Crippen LogP contribution is 2.44. The molecule has 0 bridgehead atoms. The molecule has 4 N–H and O–H groups in total. The SMILES string of the molecule is CN=C(NC)NCCC[C@@H](NC(=O)OCC1c2ccccc2-c2ccccc21)C(=O)O. The van der Waals surface area contributed by atoms with Crippen LogP contribution in [0.5, 0.6) is 0 Å². The molecule has 0 aliphatic heterocycles. The maximum Gasteiger partial charge on any atom is 0.407 e. The Kier molecular flexibility index (Phi) is 7.48. The van der Waals surface area contributed by atoms with Crippen molar-refractivity contribution in [1.82, 2.24) is 16.0 Å². The second kappa shape index (κ2) is 10.5. The summed E-state index contributed by atoms with van der Waals surface area (Å²) >= 11 is 0. The smallest absolute Gasteiger partial charge is 0.407 e. The lowest BCUT2D eigenvalue weighted by atomic mass is 9.98. The first-order chi connectivity index (χ1) is 15.0. The van der Waals surface area contributed by atoms with Crippen LogP contribution in [0.25, 0.3) is 11.1 Å². The summed E-state index contributed by atoms with van der Waals surface area (Å²) in [6.45, 7) is 0.676. The first-order valence-electron chi connectivity index (χ1n) is 10.3. The van der Waals surface area contributed by atoms with Crippen LogP contribution in [-0.4, -0.2) is 56.4 Å². The summed E-state index contributed by atoms with van der Waals surface area (Å²) in [7, 11) is 3.39. The molecule has 8 nitrogen and oxygen atoms in total. The Morgan fingerprint density at radius 3 is 2.26 bits per heavy atom. The van der Waals surface area contributed by atoms with Gasteiger partial charge in [-0.2, -0.15) is 0 Å². The fourth-order valence-corrected chi connectivity index (χ4v) is 3.83. The molecule has 1 aliphatic carbocycles. The van der Waals surface area contributed by atoms with Crippen molar-refractivity contribution in [1.29, 1.82) is 0 Å². The third kappa shape index (κ3) is 5.33. The quantitative estimate of drug-likeness (QED) is 0.294. The number of ether oxygens (including phenoxy) is 1. The predicted molar refractivity (Wildman–Crippen MR) is 119 cm³/mol. The fourth-order valence-electron chi connectivity index (χ4n) is 3.83. The van der Waals surface area contributed by atoms with E-state index in [0.29, 0.717) is 18.9 Å². The number of carboxylic acids is 1. The van der Waals surface area contributed by atoms with E-state index in [1.807, 2.05) is 36.4 Å². The van der Waals surface area contributed by atoms with Crippen LogP contribution in [0.1, 0.15) is 29.9 Å². The number of nitrogens with one attached hydrogen (secondary N) is 3. The number of hydrogen-bond donors (Lipinski definition) is 4. The van der Waals surface area contributed by atoms with E-state index in [1.54, 1.807) is 14.1 Å². The molecular formula is C23H28N4O4. The van der Waals surface area contributed by atoms with E-state index in [-0.39, 0.29) is 18.9 Å². The second-order valence-corrected chi connectivity index (χ2v) is 7.25. The molecule has 2 aromatic rings. The van der Waals surface area contributed by atoms with Gasteiger partial charge in [-0.05, 0) is 35.1 Å². The molecule has 0 heterocycles. The number of aliphatic carboxylic acids is 1. The summed E-state index contributed by atoms with van der Waals surface area (Å²) in [6.07, 6.45) is 0.0856. The monoisotopic (exact) mass is 424 g/mol. The molecule has 0 saturated carbocycles. The van der Waals surface area contributed by atoms with Crippen LogP contribution in [0.15, 0.2) is 53.5 Å². The van der Waals surface area contributed by atoms with E-state index in [2.05, 4.69) is 33.1 Å². The van der Waals surface area contributed by atoms with Gasteiger partial charge in [0.1, 0.15) is 12.6 Å². The van der Waals surface area contributed by atoms with Crippen molar-refractivity contribution in [2.75, 3.05) is 27.2 Å². The second-order valence-electron chi connectivity index (χ2n) is 7.25. The molecule has 0 aromatic heterocycles. The van der Waals surface area contributed by atoms with Crippen LogP contribution in [0.2, 0.25) is 0 Å². The van der Waals surface area contributed by atoms with Crippen molar-refractivity contribution < 1.29 is 19.4 Å². The molecule has 0 fully saturated rings. The van der Waals surface area contributed by atoms with E-state index in [9.17, 15) is 14.7 Å². The van der Waals surface area contributed by atoms with Crippen LogP contribution >= 0.6 is 0 Å². The van der Waals surface area contributed by atoms with E-state index in [1.165, 1.54) is 0 Å². The summed E-state index contributed by atoms with van der Waals surface area (Å²) in [6, 6.07) is 15.1. The van der Waals surface area contributed by atoms with Gasteiger partial charge in [0, 0.05) is 26.6 Å². The summed E-state index contributed by atoms with van der Waals surface area (Å²) in [5, 5.41) is 17.8. The lowest BCUT2D eigenvalue weighted by molar-refractivity contribution is -0.139.